The molecular formula is C10H8N4O2S2. The van der Waals surface area contributed by atoms with Gasteiger partial charge >= 0.3 is 0 Å². The van der Waals surface area contributed by atoms with E-state index in [1.54, 1.807) is 12.1 Å². The number of carbonyl (C=O) groups excluding carboxylic acids is 1. The van der Waals surface area contributed by atoms with Crippen molar-refractivity contribution in [1.82, 2.24) is 9.36 Å². The smallest absolute Gasteiger partial charge is 0.262 e. The van der Waals surface area contributed by atoms with E-state index in [-0.39, 0.29) is 12.5 Å². The molecule has 92 valence electrons. The van der Waals surface area contributed by atoms with Crippen LogP contribution in [0.3, 0.4) is 0 Å². The van der Waals surface area contributed by atoms with Crippen LogP contribution in [0.4, 0.5) is 11.4 Å². The second-order valence-corrected chi connectivity index (χ2v) is 5.60. The summed E-state index contributed by atoms with van der Waals surface area (Å²) < 4.78 is 10.00. The largest absolute Gasteiger partial charge is 0.482 e. The van der Waals surface area contributed by atoms with Crippen molar-refractivity contribution in [2.45, 2.75) is 9.24 Å². The third-order valence-electron chi connectivity index (χ3n) is 2.28. The molecule has 3 N–H and O–H groups in total. The van der Waals surface area contributed by atoms with Crippen LogP contribution in [0, 0.1) is 0 Å². The number of rotatable bonds is 2. The number of nitrogens with one attached hydrogen (secondary N) is 1. The second kappa shape index (κ2) is 4.46. The number of nitrogen functional groups attached to an aromatic ring is 1. The number of benzene rings is 1. The maximum Gasteiger partial charge on any atom is 0.262 e. The lowest BCUT2D eigenvalue weighted by atomic mass is 10.2. The maximum absolute atomic E-state index is 11.2. The van der Waals surface area contributed by atoms with Gasteiger partial charge in [0.05, 0.1) is 5.69 Å². The van der Waals surface area contributed by atoms with Crippen LogP contribution in [0.5, 0.6) is 5.75 Å². The van der Waals surface area contributed by atoms with Gasteiger partial charge in [-0.15, -0.1) is 0 Å². The average Bonchev–Trinajstić information content (AvgIpc) is 2.83. The summed E-state index contributed by atoms with van der Waals surface area (Å²) in [5.74, 6) is 0.424. The molecule has 1 aliphatic rings. The molecule has 0 bridgehead atoms. The Balaban J connectivity index is 1.95. The topological polar surface area (TPSA) is 90.1 Å². The molecule has 0 spiro atoms. The van der Waals surface area contributed by atoms with Crippen LogP contribution in [0.25, 0.3) is 0 Å². The van der Waals surface area contributed by atoms with Crippen molar-refractivity contribution in [3.63, 3.8) is 0 Å². The van der Waals surface area contributed by atoms with Crippen LogP contribution in [0.1, 0.15) is 0 Å². The first kappa shape index (κ1) is 11.3. The van der Waals surface area contributed by atoms with E-state index < -0.39 is 0 Å². The highest BCUT2D eigenvalue weighted by Crippen LogP contribution is 2.39. The fourth-order valence-corrected chi connectivity index (χ4v) is 2.98. The zero-order chi connectivity index (χ0) is 12.5. The Hall–Kier alpha value is -1.80. The molecule has 1 aliphatic heterocycles. The van der Waals surface area contributed by atoms with Gasteiger partial charge in [-0.05, 0) is 17.6 Å². The van der Waals surface area contributed by atoms with Crippen molar-refractivity contribution in [2.24, 2.45) is 0 Å². The number of hydrogen-bond acceptors (Lipinski definition) is 7. The summed E-state index contributed by atoms with van der Waals surface area (Å²) in [7, 11) is 0. The third-order valence-corrected chi connectivity index (χ3v) is 4.07. The molecule has 0 fully saturated rings. The minimum atomic E-state index is -0.167. The maximum atomic E-state index is 11.2. The zero-order valence-corrected chi connectivity index (χ0v) is 10.7. The highest BCUT2D eigenvalue weighted by atomic mass is 32.2. The van der Waals surface area contributed by atoms with Gasteiger partial charge in [-0.1, -0.05) is 11.8 Å². The zero-order valence-electron chi connectivity index (χ0n) is 9.04. The monoisotopic (exact) mass is 280 g/mol. The van der Waals surface area contributed by atoms with E-state index in [1.807, 2.05) is 0 Å². The van der Waals surface area contributed by atoms with Crippen LogP contribution < -0.4 is 15.8 Å². The number of aromatic nitrogens is 2. The molecule has 2 heterocycles. The summed E-state index contributed by atoms with van der Waals surface area (Å²) >= 11 is 2.70. The van der Waals surface area contributed by atoms with Gasteiger partial charge in [0.2, 0.25) is 0 Å². The SMILES string of the molecule is Nc1cc2c(cc1Sc1ncns1)NC(=O)CO2. The number of hydrogen-bond donors (Lipinski definition) is 2. The molecule has 3 rings (SSSR count). The predicted molar refractivity (Wildman–Crippen MR) is 69.0 cm³/mol. The Morgan fingerprint density at radius 1 is 1.50 bits per heavy atom. The highest BCUT2D eigenvalue weighted by molar-refractivity contribution is 8.01. The van der Waals surface area contributed by atoms with E-state index in [9.17, 15) is 4.79 Å². The molecule has 8 heteroatoms. The van der Waals surface area contributed by atoms with Crippen molar-refractivity contribution in [2.75, 3.05) is 17.7 Å². The van der Waals surface area contributed by atoms with Crippen molar-refractivity contribution in [3.8, 4) is 5.75 Å². The van der Waals surface area contributed by atoms with Crippen molar-refractivity contribution in [1.29, 1.82) is 0 Å². The molecule has 0 saturated carbocycles. The van der Waals surface area contributed by atoms with E-state index >= 15 is 0 Å². The van der Waals surface area contributed by atoms with Gasteiger partial charge in [0, 0.05) is 16.6 Å². The van der Waals surface area contributed by atoms with E-state index in [2.05, 4.69) is 14.7 Å². The number of carbonyl (C=O) groups is 1. The standard InChI is InChI=1S/C10H8N4O2S2/c11-5-1-7-6(14-9(15)3-16-7)2-8(5)17-10-12-4-13-18-10/h1-2,4H,3,11H2,(H,14,15). The van der Waals surface area contributed by atoms with Gasteiger partial charge < -0.3 is 15.8 Å². The average molecular weight is 280 g/mol. The lowest BCUT2D eigenvalue weighted by Crippen LogP contribution is -2.25. The molecular weight excluding hydrogens is 272 g/mol. The van der Waals surface area contributed by atoms with E-state index in [1.165, 1.54) is 29.6 Å². The number of nitrogens with zero attached hydrogens (tertiary/aromatic N) is 2. The van der Waals surface area contributed by atoms with Crippen LogP contribution in [0.2, 0.25) is 0 Å². The number of ether oxygens (including phenoxy) is 1. The molecule has 1 aromatic carbocycles. The fourth-order valence-electron chi connectivity index (χ4n) is 1.51. The normalized spacial score (nSPS) is 13.7. The molecule has 0 atom stereocenters. The molecule has 6 nitrogen and oxygen atoms in total. The molecule has 0 aliphatic carbocycles. The summed E-state index contributed by atoms with van der Waals surface area (Å²) in [6.45, 7) is 0.0231. The van der Waals surface area contributed by atoms with Gasteiger partial charge in [-0.3, -0.25) is 4.79 Å². The lowest BCUT2D eigenvalue weighted by molar-refractivity contribution is -0.118. The van der Waals surface area contributed by atoms with Crippen LogP contribution in [-0.4, -0.2) is 21.9 Å². The molecule has 18 heavy (non-hydrogen) atoms. The van der Waals surface area contributed by atoms with E-state index in [0.717, 1.165) is 9.24 Å². The Labute approximate surface area is 111 Å². The van der Waals surface area contributed by atoms with Crippen molar-refractivity contribution < 1.29 is 9.53 Å². The molecule has 0 saturated heterocycles. The Morgan fingerprint density at radius 3 is 3.17 bits per heavy atom. The van der Waals surface area contributed by atoms with Gasteiger partial charge in [0.1, 0.15) is 12.1 Å². The lowest BCUT2D eigenvalue weighted by Gasteiger charge is -2.19. The molecule has 1 amide bonds. The quantitative estimate of drug-likeness (QED) is 0.812. The summed E-state index contributed by atoms with van der Waals surface area (Å²) in [4.78, 5) is 16.1. The Bertz CT molecular complexity index is 600. The summed E-state index contributed by atoms with van der Waals surface area (Å²) in [5.41, 5.74) is 7.16. The molecule has 2 aromatic rings. The molecule has 1 aromatic heterocycles. The van der Waals surface area contributed by atoms with Crippen molar-refractivity contribution >= 4 is 40.6 Å². The van der Waals surface area contributed by atoms with Gasteiger partial charge in [-0.25, -0.2) is 4.98 Å². The van der Waals surface area contributed by atoms with Gasteiger partial charge in [0.25, 0.3) is 5.91 Å². The first-order chi connectivity index (χ1) is 8.72. The number of amides is 1. The summed E-state index contributed by atoms with van der Waals surface area (Å²) in [6.07, 6.45) is 1.49. The predicted octanol–water partition coefficient (Wildman–Crippen LogP) is 1.60. The number of nitrogens with two attached hydrogens (primary N) is 1. The molecule has 0 radical (unpaired) electrons. The minimum Gasteiger partial charge on any atom is -0.482 e. The Morgan fingerprint density at radius 2 is 2.39 bits per heavy atom. The first-order valence-electron chi connectivity index (χ1n) is 5.03. The minimum absolute atomic E-state index is 0.0231. The fraction of sp³-hybridized carbons (Fsp3) is 0.100. The van der Waals surface area contributed by atoms with Gasteiger partial charge in [0.15, 0.2) is 10.9 Å². The third kappa shape index (κ3) is 2.12. The number of fused-ring (bicyclic) bond motifs is 1. The van der Waals surface area contributed by atoms with Gasteiger partial charge in [-0.2, -0.15) is 4.37 Å². The van der Waals surface area contributed by atoms with E-state index in [0.29, 0.717) is 17.1 Å². The highest BCUT2D eigenvalue weighted by Gasteiger charge is 2.18. The summed E-state index contributed by atoms with van der Waals surface area (Å²) in [5, 5.41) is 2.74. The van der Waals surface area contributed by atoms with E-state index in [4.69, 9.17) is 10.5 Å². The second-order valence-electron chi connectivity index (χ2n) is 3.53. The van der Waals surface area contributed by atoms with Crippen LogP contribution in [0.15, 0.2) is 27.7 Å². The number of anilines is 2. The Kier molecular flexibility index (Phi) is 2.80. The first-order valence-corrected chi connectivity index (χ1v) is 6.62. The van der Waals surface area contributed by atoms with Crippen LogP contribution in [-0.2, 0) is 4.79 Å². The molecule has 0 unspecified atom stereocenters. The summed E-state index contributed by atoms with van der Waals surface area (Å²) in [6, 6.07) is 3.49. The van der Waals surface area contributed by atoms with Crippen molar-refractivity contribution in [3.05, 3.63) is 18.5 Å². The van der Waals surface area contributed by atoms with Crippen LogP contribution >= 0.6 is 23.3 Å².